The molecule has 0 aliphatic heterocycles. The number of hydrogen-bond donors (Lipinski definition) is 1. The summed E-state index contributed by atoms with van der Waals surface area (Å²) in [5, 5.41) is 7.83. The molecule has 1 aliphatic carbocycles. The Balaban J connectivity index is 1.77. The Morgan fingerprint density at radius 2 is 2.38 bits per heavy atom. The van der Waals surface area contributed by atoms with Crippen molar-refractivity contribution >= 4 is 0 Å². The third-order valence-corrected chi connectivity index (χ3v) is 3.74. The molecule has 0 amide bonds. The monoisotopic (exact) mass is 221 g/mol. The Labute approximate surface area is 98.2 Å². The second-order valence-electron chi connectivity index (χ2n) is 5.36. The smallest absolute Gasteiger partial charge is 0.0537 e. The van der Waals surface area contributed by atoms with Gasteiger partial charge in [0.05, 0.1) is 6.20 Å². The summed E-state index contributed by atoms with van der Waals surface area (Å²) in [7, 11) is 1.97. The van der Waals surface area contributed by atoms with Crippen LogP contribution in [0.15, 0.2) is 12.4 Å². The molecule has 0 bridgehead atoms. The van der Waals surface area contributed by atoms with Crippen LogP contribution in [0.2, 0.25) is 0 Å². The first-order chi connectivity index (χ1) is 7.65. The van der Waals surface area contributed by atoms with Crippen molar-refractivity contribution in [1.82, 2.24) is 15.1 Å². The lowest BCUT2D eigenvalue weighted by molar-refractivity contribution is 0.440. The molecule has 1 heterocycles. The maximum atomic E-state index is 4.21. The molecule has 1 aromatic rings. The lowest BCUT2D eigenvalue weighted by Crippen LogP contribution is -2.24. The van der Waals surface area contributed by atoms with Crippen LogP contribution in [0.1, 0.15) is 44.7 Å². The summed E-state index contributed by atoms with van der Waals surface area (Å²) in [5.41, 5.74) is 1.29. The van der Waals surface area contributed by atoms with Gasteiger partial charge in [-0.15, -0.1) is 0 Å². The Morgan fingerprint density at radius 1 is 1.56 bits per heavy atom. The van der Waals surface area contributed by atoms with E-state index in [0.29, 0.717) is 6.04 Å². The Morgan fingerprint density at radius 3 is 2.94 bits per heavy atom. The van der Waals surface area contributed by atoms with Crippen molar-refractivity contribution in [1.29, 1.82) is 0 Å². The molecule has 1 fully saturated rings. The van der Waals surface area contributed by atoms with E-state index in [1.165, 1.54) is 24.8 Å². The van der Waals surface area contributed by atoms with Crippen LogP contribution in [-0.4, -0.2) is 16.3 Å². The Kier molecular flexibility index (Phi) is 3.64. The molecule has 3 unspecified atom stereocenters. The second-order valence-corrected chi connectivity index (χ2v) is 5.36. The van der Waals surface area contributed by atoms with E-state index in [2.05, 4.69) is 30.5 Å². The van der Waals surface area contributed by atoms with Crippen LogP contribution in [0.5, 0.6) is 0 Å². The van der Waals surface area contributed by atoms with Crippen molar-refractivity contribution in [2.45, 2.75) is 39.2 Å². The maximum Gasteiger partial charge on any atom is 0.0537 e. The van der Waals surface area contributed by atoms with E-state index in [1.54, 1.807) is 0 Å². The summed E-state index contributed by atoms with van der Waals surface area (Å²) in [6, 6.07) is 0.421. The fourth-order valence-corrected chi connectivity index (χ4v) is 2.64. The average molecular weight is 221 g/mol. The van der Waals surface area contributed by atoms with Gasteiger partial charge >= 0.3 is 0 Å². The predicted octanol–water partition coefficient (Wildman–Crippen LogP) is 2.51. The highest BCUT2D eigenvalue weighted by Crippen LogP contribution is 2.30. The number of aryl methyl sites for hydroxylation is 1. The molecule has 0 aromatic carbocycles. The molecule has 1 aliphatic rings. The quantitative estimate of drug-likeness (QED) is 0.846. The van der Waals surface area contributed by atoms with Gasteiger partial charge in [-0.05, 0) is 38.1 Å². The van der Waals surface area contributed by atoms with Gasteiger partial charge < -0.3 is 5.32 Å². The van der Waals surface area contributed by atoms with Gasteiger partial charge in [0.25, 0.3) is 0 Å². The molecule has 3 atom stereocenters. The fourth-order valence-electron chi connectivity index (χ4n) is 2.64. The number of nitrogens with zero attached hydrogens (tertiary/aromatic N) is 2. The lowest BCUT2D eigenvalue weighted by Gasteiger charge is -2.16. The largest absolute Gasteiger partial charge is 0.310 e. The van der Waals surface area contributed by atoms with E-state index in [-0.39, 0.29) is 0 Å². The first-order valence-corrected chi connectivity index (χ1v) is 6.37. The predicted molar refractivity (Wildman–Crippen MR) is 66.1 cm³/mol. The molecule has 1 saturated carbocycles. The third-order valence-electron chi connectivity index (χ3n) is 3.74. The summed E-state index contributed by atoms with van der Waals surface area (Å²) in [5.74, 6) is 1.81. The van der Waals surface area contributed by atoms with E-state index in [1.807, 2.05) is 17.9 Å². The molecule has 1 aromatic heterocycles. The molecule has 90 valence electrons. The van der Waals surface area contributed by atoms with Gasteiger partial charge in [-0.2, -0.15) is 5.10 Å². The van der Waals surface area contributed by atoms with Crippen molar-refractivity contribution in [3.05, 3.63) is 18.0 Å². The zero-order chi connectivity index (χ0) is 11.5. The molecule has 0 radical (unpaired) electrons. The van der Waals surface area contributed by atoms with Crippen LogP contribution >= 0.6 is 0 Å². The third kappa shape index (κ3) is 2.85. The number of nitrogens with one attached hydrogen (secondary N) is 1. The van der Waals surface area contributed by atoms with Gasteiger partial charge in [0.1, 0.15) is 0 Å². The van der Waals surface area contributed by atoms with Crippen molar-refractivity contribution in [3.63, 3.8) is 0 Å². The average Bonchev–Trinajstić information content (AvgIpc) is 2.84. The van der Waals surface area contributed by atoms with Gasteiger partial charge in [-0.1, -0.05) is 13.3 Å². The zero-order valence-electron chi connectivity index (χ0n) is 10.6. The van der Waals surface area contributed by atoms with Gasteiger partial charge in [-0.3, -0.25) is 4.68 Å². The number of hydrogen-bond acceptors (Lipinski definition) is 2. The lowest BCUT2D eigenvalue weighted by atomic mass is 10.1. The molecule has 1 N–H and O–H groups in total. The Hall–Kier alpha value is -0.830. The first-order valence-electron chi connectivity index (χ1n) is 6.37. The van der Waals surface area contributed by atoms with Gasteiger partial charge in [0, 0.05) is 24.8 Å². The molecule has 3 nitrogen and oxygen atoms in total. The van der Waals surface area contributed by atoms with Gasteiger partial charge in [0.15, 0.2) is 0 Å². The summed E-state index contributed by atoms with van der Waals surface area (Å²) < 4.78 is 1.87. The highest BCUT2D eigenvalue weighted by molar-refractivity contribution is 5.08. The highest BCUT2D eigenvalue weighted by Gasteiger charge is 2.21. The molecular formula is C13H23N3. The first kappa shape index (κ1) is 11.6. The summed E-state index contributed by atoms with van der Waals surface area (Å²) in [4.78, 5) is 0. The van der Waals surface area contributed by atoms with E-state index in [9.17, 15) is 0 Å². The minimum atomic E-state index is 0.421. The van der Waals surface area contributed by atoms with Crippen LogP contribution in [-0.2, 0) is 7.05 Å². The zero-order valence-corrected chi connectivity index (χ0v) is 10.6. The van der Waals surface area contributed by atoms with E-state index in [0.717, 1.165) is 18.4 Å². The van der Waals surface area contributed by atoms with E-state index >= 15 is 0 Å². The molecule has 3 heteroatoms. The van der Waals surface area contributed by atoms with Crippen LogP contribution in [0, 0.1) is 11.8 Å². The number of rotatable bonds is 4. The van der Waals surface area contributed by atoms with Crippen LogP contribution in [0.25, 0.3) is 0 Å². The van der Waals surface area contributed by atoms with Crippen molar-refractivity contribution in [2.75, 3.05) is 6.54 Å². The second kappa shape index (κ2) is 5.00. The van der Waals surface area contributed by atoms with Gasteiger partial charge in [0.2, 0.25) is 0 Å². The molecular weight excluding hydrogens is 198 g/mol. The summed E-state index contributed by atoms with van der Waals surface area (Å²) in [6.45, 7) is 5.74. The molecule has 16 heavy (non-hydrogen) atoms. The van der Waals surface area contributed by atoms with E-state index in [4.69, 9.17) is 0 Å². The molecule has 2 rings (SSSR count). The van der Waals surface area contributed by atoms with Crippen molar-refractivity contribution in [3.8, 4) is 0 Å². The fraction of sp³-hybridized carbons (Fsp3) is 0.769. The minimum absolute atomic E-state index is 0.421. The Bertz CT molecular complexity index is 332. The molecule has 0 spiro atoms. The normalized spacial score (nSPS) is 27.2. The van der Waals surface area contributed by atoms with Crippen LogP contribution in [0.4, 0.5) is 0 Å². The van der Waals surface area contributed by atoms with Crippen LogP contribution < -0.4 is 5.32 Å². The van der Waals surface area contributed by atoms with Crippen LogP contribution in [0.3, 0.4) is 0 Å². The standard InChI is InChI=1S/C13H23N3/c1-10-4-5-12(6-10)7-14-11(2)13-8-15-16(3)9-13/h8-12,14H,4-7H2,1-3H3. The van der Waals surface area contributed by atoms with Gasteiger partial charge in [-0.25, -0.2) is 0 Å². The van der Waals surface area contributed by atoms with Crippen molar-refractivity contribution in [2.24, 2.45) is 18.9 Å². The summed E-state index contributed by atoms with van der Waals surface area (Å²) in [6.07, 6.45) is 8.25. The summed E-state index contributed by atoms with van der Waals surface area (Å²) >= 11 is 0. The van der Waals surface area contributed by atoms with Crippen molar-refractivity contribution < 1.29 is 0 Å². The number of aromatic nitrogens is 2. The van der Waals surface area contributed by atoms with E-state index < -0.39 is 0 Å². The maximum absolute atomic E-state index is 4.21. The highest BCUT2D eigenvalue weighted by atomic mass is 15.2. The topological polar surface area (TPSA) is 29.9 Å². The SMILES string of the molecule is CC1CCC(CNC(C)c2cnn(C)c2)C1. The molecule has 0 saturated heterocycles. The minimum Gasteiger partial charge on any atom is -0.310 e.